The fourth-order valence-corrected chi connectivity index (χ4v) is 4.20. The van der Waals surface area contributed by atoms with Crippen LogP contribution in [-0.2, 0) is 19.1 Å². The van der Waals surface area contributed by atoms with Gasteiger partial charge in [0.1, 0.15) is 5.76 Å². The minimum Gasteiger partial charge on any atom is -0.380 e. The molecule has 0 radical (unpaired) electrons. The van der Waals surface area contributed by atoms with Gasteiger partial charge in [-0.1, -0.05) is 50.3 Å². The first-order chi connectivity index (χ1) is 11.8. The number of alkyl halides is 3. The molecule has 0 heterocycles. The first-order valence-electron chi connectivity index (χ1n) is 7.87. The van der Waals surface area contributed by atoms with Crippen LogP contribution in [0, 0.1) is 16.7 Å². The van der Waals surface area contributed by atoms with Crippen LogP contribution in [0.5, 0.6) is 0 Å². The number of rotatable bonds is 3. The zero-order valence-corrected chi connectivity index (χ0v) is 15.1. The minimum atomic E-state index is -5.81. The maximum Gasteiger partial charge on any atom is 0.534 e. The van der Waals surface area contributed by atoms with Gasteiger partial charge < -0.3 is 4.18 Å². The van der Waals surface area contributed by atoms with Crippen LogP contribution < -0.4 is 0 Å². The van der Waals surface area contributed by atoms with Gasteiger partial charge in [-0.3, -0.25) is 4.79 Å². The van der Waals surface area contributed by atoms with E-state index in [0.717, 1.165) is 5.56 Å². The van der Waals surface area contributed by atoms with E-state index >= 15 is 0 Å². The highest BCUT2D eigenvalue weighted by atomic mass is 32.2. The summed E-state index contributed by atoms with van der Waals surface area (Å²) in [4.78, 5) is 13.0. The Bertz CT molecular complexity index is 927. The van der Waals surface area contributed by atoms with Gasteiger partial charge in [0, 0.05) is 11.3 Å². The van der Waals surface area contributed by atoms with Crippen molar-refractivity contribution in [2.45, 2.75) is 26.3 Å². The molecular weight excluding hydrogens is 369 g/mol. The maximum absolute atomic E-state index is 13.0. The highest BCUT2D eigenvalue weighted by Crippen LogP contribution is 2.57. The van der Waals surface area contributed by atoms with E-state index in [0.29, 0.717) is 5.57 Å². The molecule has 3 aliphatic carbocycles. The van der Waals surface area contributed by atoms with E-state index in [1.54, 1.807) is 57.2 Å². The molecule has 0 saturated carbocycles. The average Bonchev–Trinajstić information content (AvgIpc) is 2.52. The van der Waals surface area contributed by atoms with Gasteiger partial charge >= 0.3 is 15.6 Å². The molecule has 2 unspecified atom stereocenters. The number of allylic oxidation sites excluding steroid dienone is 3. The zero-order valence-electron chi connectivity index (χ0n) is 14.3. The number of hydrogen-bond donors (Lipinski definition) is 0. The number of ketones is 1. The van der Waals surface area contributed by atoms with Crippen molar-refractivity contribution in [3.8, 4) is 0 Å². The molecule has 0 fully saturated rings. The second-order valence-electron chi connectivity index (χ2n) is 7.21. The summed E-state index contributed by atoms with van der Waals surface area (Å²) in [6.07, 6.45) is 2.84. The molecule has 4 rings (SSSR count). The monoisotopic (exact) mass is 386 g/mol. The first kappa shape index (κ1) is 18.7. The number of carbonyl (C=O) groups excluding carboxylic acids is 1. The van der Waals surface area contributed by atoms with Gasteiger partial charge in [-0.05, 0) is 24.1 Å². The highest BCUT2D eigenvalue weighted by molar-refractivity contribution is 7.87. The smallest absolute Gasteiger partial charge is 0.380 e. The van der Waals surface area contributed by atoms with Crippen LogP contribution >= 0.6 is 0 Å². The molecule has 0 saturated heterocycles. The number of hydrogen-bond acceptors (Lipinski definition) is 4. The third kappa shape index (κ3) is 2.58. The normalized spacial score (nSPS) is 27.8. The van der Waals surface area contributed by atoms with E-state index in [-0.39, 0.29) is 11.5 Å². The molecule has 3 aliphatic rings. The topological polar surface area (TPSA) is 60.4 Å². The van der Waals surface area contributed by atoms with Crippen molar-refractivity contribution in [3.63, 3.8) is 0 Å². The summed E-state index contributed by atoms with van der Waals surface area (Å²) in [6, 6.07) is 8.95. The van der Waals surface area contributed by atoms with Crippen LogP contribution in [0.15, 0.2) is 48.2 Å². The Morgan fingerprint density at radius 3 is 2.19 bits per heavy atom. The van der Waals surface area contributed by atoms with Crippen molar-refractivity contribution in [1.82, 2.24) is 0 Å². The quantitative estimate of drug-likeness (QED) is 0.581. The summed E-state index contributed by atoms with van der Waals surface area (Å²) in [5.74, 6) is -1.48. The zero-order chi connectivity index (χ0) is 19.5. The Morgan fingerprint density at radius 2 is 1.65 bits per heavy atom. The minimum absolute atomic E-state index is 0.201. The Hall–Kier alpha value is -2.09. The van der Waals surface area contributed by atoms with Gasteiger partial charge in [0.05, 0.1) is 5.41 Å². The number of carbonyl (C=O) groups is 1. The largest absolute Gasteiger partial charge is 0.534 e. The summed E-state index contributed by atoms with van der Waals surface area (Å²) >= 11 is 0. The lowest BCUT2D eigenvalue weighted by atomic mass is 9.53. The molecule has 0 spiro atoms. The third-order valence-corrected chi connectivity index (χ3v) is 6.02. The third-order valence-electron chi connectivity index (χ3n) is 5.04. The van der Waals surface area contributed by atoms with Crippen molar-refractivity contribution >= 4 is 21.5 Å². The molecule has 0 amide bonds. The second-order valence-corrected chi connectivity index (χ2v) is 8.74. The first-order valence-corrected chi connectivity index (χ1v) is 9.27. The molecular formula is C18H17F3O4S. The summed E-state index contributed by atoms with van der Waals surface area (Å²) in [5, 5.41) is 0. The van der Waals surface area contributed by atoms with E-state index < -0.39 is 32.4 Å². The Balaban J connectivity index is 2.13. The van der Waals surface area contributed by atoms with Crippen molar-refractivity contribution in [2.24, 2.45) is 16.7 Å². The van der Waals surface area contributed by atoms with Crippen molar-refractivity contribution in [3.05, 3.63) is 53.8 Å². The van der Waals surface area contributed by atoms with E-state index in [4.69, 9.17) is 0 Å². The van der Waals surface area contributed by atoms with Crippen LogP contribution in [-0.4, -0.2) is 19.7 Å². The molecule has 1 aromatic carbocycles. The van der Waals surface area contributed by atoms with Gasteiger partial charge in [0.15, 0.2) is 5.78 Å². The molecule has 0 aromatic heterocycles. The van der Waals surface area contributed by atoms with Gasteiger partial charge in [0.25, 0.3) is 0 Å². The lowest BCUT2D eigenvalue weighted by molar-refractivity contribution is -0.136. The van der Waals surface area contributed by atoms with Gasteiger partial charge in [-0.2, -0.15) is 21.6 Å². The van der Waals surface area contributed by atoms with Gasteiger partial charge in [-0.15, -0.1) is 0 Å². The number of halogens is 3. The van der Waals surface area contributed by atoms with Gasteiger partial charge in [-0.25, -0.2) is 0 Å². The molecule has 0 aliphatic heterocycles. The molecule has 4 nitrogen and oxygen atoms in total. The molecule has 2 atom stereocenters. The van der Waals surface area contributed by atoms with Crippen LogP contribution in [0.2, 0.25) is 0 Å². The van der Waals surface area contributed by atoms with Crippen LogP contribution in [0.3, 0.4) is 0 Å². The SMILES string of the molecule is CC12C=C(OS(=O)(=O)C(F)(F)F)C(C=C1c1ccccc1)C(C)(C)C2=O. The predicted octanol–water partition coefficient (Wildman–Crippen LogP) is 4.07. The van der Waals surface area contributed by atoms with Crippen molar-refractivity contribution in [2.75, 3.05) is 0 Å². The van der Waals surface area contributed by atoms with Crippen LogP contribution in [0.25, 0.3) is 5.57 Å². The summed E-state index contributed by atoms with van der Waals surface area (Å²) in [7, 11) is -5.81. The predicted molar refractivity (Wildman–Crippen MR) is 88.9 cm³/mol. The summed E-state index contributed by atoms with van der Waals surface area (Å²) in [5.41, 5.74) is -6.54. The lowest BCUT2D eigenvalue weighted by Gasteiger charge is -2.49. The van der Waals surface area contributed by atoms with Crippen LogP contribution in [0.4, 0.5) is 13.2 Å². The Kier molecular flexibility index (Phi) is 3.92. The Labute approximate surface area is 149 Å². The summed E-state index contributed by atoms with van der Waals surface area (Å²) < 4.78 is 65.5. The van der Waals surface area contributed by atoms with Gasteiger partial charge in [0.2, 0.25) is 0 Å². The Morgan fingerprint density at radius 1 is 1.08 bits per heavy atom. The number of fused-ring (bicyclic) bond motifs is 1. The number of benzene rings is 1. The maximum atomic E-state index is 13.0. The molecule has 2 bridgehead atoms. The second kappa shape index (κ2) is 5.45. The molecule has 0 N–H and O–H groups in total. The molecule has 26 heavy (non-hydrogen) atoms. The molecule has 1 aromatic rings. The fraction of sp³-hybridized carbons (Fsp3) is 0.389. The van der Waals surface area contributed by atoms with Crippen molar-refractivity contribution in [1.29, 1.82) is 0 Å². The average molecular weight is 386 g/mol. The number of Topliss-reactive ketones (excluding diaryl/α,β-unsaturated/α-hetero) is 1. The summed E-state index contributed by atoms with van der Waals surface area (Å²) in [6.45, 7) is 4.72. The molecule has 140 valence electrons. The van der Waals surface area contributed by atoms with E-state index in [2.05, 4.69) is 4.18 Å². The van der Waals surface area contributed by atoms with E-state index in [1.807, 2.05) is 0 Å². The van der Waals surface area contributed by atoms with Crippen molar-refractivity contribution < 1.29 is 30.6 Å². The molecule has 8 heteroatoms. The standard InChI is InChI=1S/C18H17F3O4S/c1-16(2)13-9-12(11-7-5-4-6-8-11)17(3,15(16)22)10-14(13)25-26(23,24)18(19,20)21/h4-10,13H,1-3H3. The lowest BCUT2D eigenvalue weighted by Crippen LogP contribution is -2.51. The van der Waals surface area contributed by atoms with E-state index in [9.17, 15) is 26.4 Å². The van der Waals surface area contributed by atoms with E-state index in [1.165, 1.54) is 6.08 Å². The van der Waals surface area contributed by atoms with Crippen LogP contribution in [0.1, 0.15) is 26.3 Å². The highest BCUT2D eigenvalue weighted by Gasteiger charge is 2.59. The fourth-order valence-electron chi connectivity index (χ4n) is 3.70.